The van der Waals surface area contributed by atoms with Gasteiger partial charge in [-0.05, 0) is 25.0 Å². The number of anilines is 1. The quantitative estimate of drug-likeness (QED) is 0.868. The number of thiazole rings is 1. The highest BCUT2D eigenvalue weighted by Gasteiger charge is 2.21. The molecule has 1 aliphatic rings. The number of fused-ring (bicyclic) bond motifs is 1. The van der Waals surface area contributed by atoms with E-state index in [0.717, 1.165) is 35.8 Å². The van der Waals surface area contributed by atoms with Crippen LogP contribution in [-0.2, 0) is 0 Å². The molecule has 3 N–H and O–H groups in total. The molecule has 1 aromatic heterocycles. The molecule has 0 saturated carbocycles. The van der Waals surface area contributed by atoms with Crippen LogP contribution in [0, 0.1) is 0 Å². The zero-order valence-corrected chi connectivity index (χ0v) is 11.2. The van der Waals surface area contributed by atoms with Gasteiger partial charge in [-0.1, -0.05) is 17.4 Å². The maximum absolute atomic E-state index is 11.4. The molecule has 1 fully saturated rings. The number of para-hydroxylation sites is 1. The van der Waals surface area contributed by atoms with E-state index in [0.29, 0.717) is 11.1 Å². The zero-order chi connectivity index (χ0) is 13.4. The van der Waals surface area contributed by atoms with Gasteiger partial charge >= 0.3 is 0 Å². The second-order valence-corrected chi connectivity index (χ2v) is 5.74. The fraction of sp³-hybridized carbons (Fsp3) is 0.385. The lowest BCUT2D eigenvalue weighted by Crippen LogP contribution is -2.35. The summed E-state index contributed by atoms with van der Waals surface area (Å²) in [6.45, 7) is 1.60. The maximum atomic E-state index is 11.4. The lowest BCUT2D eigenvalue weighted by Gasteiger charge is -2.28. The average Bonchev–Trinajstić information content (AvgIpc) is 2.82. The smallest absolute Gasteiger partial charge is 0.250 e. The topological polar surface area (TPSA) is 79.5 Å². The summed E-state index contributed by atoms with van der Waals surface area (Å²) in [5.74, 6) is -0.448. The third-order valence-corrected chi connectivity index (χ3v) is 4.49. The van der Waals surface area contributed by atoms with E-state index in [9.17, 15) is 9.90 Å². The van der Waals surface area contributed by atoms with Crippen molar-refractivity contribution >= 4 is 32.6 Å². The van der Waals surface area contributed by atoms with Gasteiger partial charge in [0.2, 0.25) is 0 Å². The Balaban J connectivity index is 1.98. The second kappa shape index (κ2) is 4.79. The Morgan fingerprint density at radius 2 is 2.16 bits per heavy atom. The van der Waals surface area contributed by atoms with Crippen LogP contribution in [0.25, 0.3) is 10.2 Å². The molecule has 100 valence electrons. The molecule has 0 radical (unpaired) electrons. The Morgan fingerprint density at radius 1 is 1.42 bits per heavy atom. The molecule has 6 heteroatoms. The van der Waals surface area contributed by atoms with Gasteiger partial charge in [0.25, 0.3) is 5.91 Å². The van der Waals surface area contributed by atoms with Crippen molar-refractivity contribution in [3.8, 4) is 0 Å². The molecule has 0 bridgehead atoms. The van der Waals surface area contributed by atoms with E-state index in [1.165, 1.54) is 0 Å². The third kappa shape index (κ3) is 2.29. The highest BCUT2D eigenvalue weighted by molar-refractivity contribution is 7.22. The number of piperidine rings is 1. The van der Waals surface area contributed by atoms with Crippen LogP contribution < -0.4 is 10.6 Å². The third-order valence-electron chi connectivity index (χ3n) is 3.41. The van der Waals surface area contributed by atoms with Crippen molar-refractivity contribution in [3.05, 3.63) is 23.8 Å². The van der Waals surface area contributed by atoms with Crippen LogP contribution in [0.3, 0.4) is 0 Å². The van der Waals surface area contributed by atoms with Crippen molar-refractivity contribution < 1.29 is 9.90 Å². The summed E-state index contributed by atoms with van der Waals surface area (Å²) >= 11 is 1.56. The van der Waals surface area contributed by atoms with E-state index in [4.69, 9.17) is 5.73 Å². The van der Waals surface area contributed by atoms with Crippen molar-refractivity contribution in [1.82, 2.24) is 4.98 Å². The van der Waals surface area contributed by atoms with Crippen LogP contribution in [0.1, 0.15) is 23.2 Å². The predicted octanol–water partition coefficient (Wildman–Crippen LogP) is 1.36. The molecule has 0 spiro atoms. The molecule has 5 nitrogen and oxygen atoms in total. The first kappa shape index (κ1) is 12.4. The fourth-order valence-corrected chi connectivity index (χ4v) is 3.37. The number of amides is 1. The number of hydrogen-bond acceptors (Lipinski definition) is 5. The number of rotatable bonds is 2. The van der Waals surface area contributed by atoms with Crippen LogP contribution in [0.4, 0.5) is 5.13 Å². The molecule has 3 rings (SSSR count). The Labute approximate surface area is 114 Å². The minimum atomic E-state index is -0.448. The number of nitrogens with zero attached hydrogens (tertiary/aromatic N) is 2. The number of benzene rings is 1. The van der Waals surface area contributed by atoms with Crippen LogP contribution in [0.2, 0.25) is 0 Å². The van der Waals surface area contributed by atoms with Crippen LogP contribution in [0.5, 0.6) is 0 Å². The number of carbonyl (C=O) groups excluding carboxylic acids is 1. The standard InChI is InChI=1S/C13H15N3O2S/c14-12(18)9-2-1-3-10-11(9)15-13(19-10)16-6-4-8(17)5-7-16/h1-3,8,17H,4-7H2,(H2,14,18). The molecule has 0 aliphatic carbocycles. The van der Waals surface area contributed by atoms with Crippen LogP contribution in [0.15, 0.2) is 18.2 Å². The van der Waals surface area contributed by atoms with Crippen molar-refractivity contribution in [1.29, 1.82) is 0 Å². The summed E-state index contributed by atoms with van der Waals surface area (Å²) in [7, 11) is 0. The van der Waals surface area contributed by atoms with E-state index in [1.807, 2.05) is 12.1 Å². The lowest BCUT2D eigenvalue weighted by atomic mass is 10.1. The van der Waals surface area contributed by atoms with E-state index >= 15 is 0 Å². The molecule has 1 amide bonds. The van der Waals surface area contributed by atoms with E-state index in [1.54, 1.807) is 17.4 Å². The van der Waals surface area contributed by atoms with Gasteiger partial charge < -0.3 is 15.7 Å². The first-order valence-electron chi connectivity index (χ1n) is 6.27. The summed E-state index contributed by atoms with van der Waals surface area (Å²) < 4.78 is 0.970. The van der Waals surface area contributed by atoms with Gasteiger partial charge in [-0.25, -0.2) is 4.98 Å². The summed E-state index contributed by atoms with van der Waals surface area (Å²) in [6, 6.07) is 5.47. The number of aliphatic hydroxyl groups is 1. The first-order valence-corrected chi connectivity index (χ1v) is 7.09. The summed E-state index contributed by atoms with van der Waals surface area (Å²) in [6.07, 6.45) is 1.32. The van der Waals surface area contributed by atoms with Gasteiger partial charge in [0.05, 0.1) is 21.9 Å². The van der Waals surface area contributed by atoms with Crippen LogP contribution in [-0.4, -0.2) is 35.2 Å². The first-order chi connectivity index (χ1) is 9.15. The van der Waals surface area contributed by atoms with Gasteiger partial charge in [-0.2, -0.15) is 0 Å². The molecule has 1 saturated heterocycles. The minimum Gasteiger partial charge on any atom is -0.393 e. The Hall–Kier alpha value is -1.66. The van der Waals surface area contributed by atoms with E-state index in [-0.39, 0.29) is 6.10 Å². The van der Waals surface area contributed by atoms with Gasteiger partial charge in [0.1, 0.15) is 0 Å². The second-order valence-electron chi connectivity index (χ2n) is 4.73. The summed E-state index contributed by atoms with van der Waals surface area (Å²) in [4.78, 5) is 18.1. The van der Waals surface area contributed by atoms with E-state index < -0.39 is 5.91 Å². The molecule has 0 atom stereocenters. The maximum Gasteiger partial charge on any atom is 0.250 e. The molecule has 1 aliphatic heterocycles. The van der Waals surface area contributed by atoms with E-state index in [2.05, 4.69) is 9.88 Å². The molecule has 2 heterocycles. The lowest BCUT2D eigenvalue weighted by molar-refractivity contribution is 0.100. The number of aliphatic hydroxyl groups excluding tert-OH is 1. The van der Waals surface area contributed by atoms with Crippen molar-refractivity contribution in [3.63, 3.8) is 0 Å². The fourth-order valence-electron chi connectivity index (χ4n) is 2.33. The van der Waals surface area contributed by atoms with Gasteiger partial charge in [-0.3, -0.25) is 4.79 Å². The SMILES string of the molecule is NC(=O)c1cccc2sc(N3CCC(O)CC3)nc12. The number of nitrogens with two attached hydrogens (primary N) is 1. The Kier molecular flexibility index (Phi) is 3.12. The van der Waals surface area contributed by atoms with Gasteiger partial charge in [0, 0.05) is 13.1 Å². The zero-order valence-electron chi connectivity index (χ0n) is 10.4. The number of carbonyl (C=O) groups is 1. The molecule has 1 aromatic carbocycles. The summed E-state index contributed by atoms with van der Waals surface area (Å²) in [5.41, 5.74) is 6.52. The monoisotopic (exact) mass is 277 g/mol. The van der Waals surface area contributed by atoms with Crippen molar-refractivity contribution in [2.75, 3.05) is 18.0 Å². The highest BCUT2D eigenvalue weighted by atomic mass is 32.1. The molecular formula is C13H15N3O2S. The largest absolute Gasteiger partial charge is 0.393 e. The Bertz CT molecular complexity index is 617. The highest BCUT2D eigenvalue weighted by Crippen LogP contribution is 2.32. The number of primary amides is 1. The normalized spacial score (nSPS) is 17.0. The number of hydrogen-bond donors (Lipinski definition) is 2. The van der Waals surface area contributed by atoms with Gasteiger partial charge in [0.15, 0.2) is 5.13 Å². The minimum absolute atomic E-state index is 0.202. The molecule has 19 heavy (non-hydrogen) atoms. The average molecular weight is 277 g/mol. The molecule has 2 aromatic rings. The molecular weight excluding hydrogens is 262 g/mol. The van der Waals surface area contributed by atoms with Crippen molar-refractivity contribution in [2.45, 2.75) is 18.9 Å². The Morgan fingerprint density at radius 3 is 2.84 bits per heavy atom. The van der Waals surface area contributed by atoms with Crippen LogP contribution >= 0.6 is 11.3 Å². The number of aromatic nitrogens is 1. The molecule has 0 unspecified atom stereocenters. The van der Waals surface area contributed by atoms with Gasteiger partial charge in [-0.15, -0.1) is 0 Å². The predicted molar refractivity (Wildman–Crippen MR) is 75.6 cm³/mol. The van der Waals surface area contributed by atoms with Crippen molar-refractivity contribution in [2.24, 2.45) is 5.73 Å². The summed E-state index contributed by atoms with van der Waals surface area (Å²) in [5, 5.41) is 10.4.